The van der Waals surface area contributed by atoms with E-state index in [9.17, 15) is 18.0 Å². The van der Waals surface area contributed by atoms with E-state index in [0.717, 1.165) is 12.8 Å². The van der Waals surface area contributed by atoms with Crippen molar-refractivity contribution < 1.29 is 23.1 Å². The van der Waals surface area contributed by atoms with Gasteiger partial charge in [-0.05, 0) is 31.1 Å². The third kappa shape index (κ3) is 3.44. The highest BCUT2D eigenvalue weighted by Gasteiger charge is 2.38. The maximum atomic E-state index is 11.7. The second-order valence-corrected chi connectivity index (χ2v) is 7.42. The van der Waals surface area contributed by atoms with Crippen molar-refractivity contribution in [2.75, 3.05) is 11.5 Å². The van der Waals surface area contributed by atoms with Crippen LogP contribution in [0.5, 0.6) is 0 Å². The summed E-state index contributed by atoms with van der Waals surface area (Å²) in [5.41, 5.74) is 0. The molecule has 0 bridgehead atoms. The molecule has 2 aliphatic rings. The molecule has 0 spiro atoms. The van der Waals surface area contributed by atoms with E-state index >= 15 is 0 Å². The van der Waals surface area contributed by atoms with Crippen LogP contribution >= 0.6 is 0 Å². The molecule has 2 atom stereocenters. The van der Waals surface area contributed by atoms with Gasteiger partial charge in [-0.2, -0.15) is 0 Å². The number of hydrogen-bond acceptors (Lipinski definition) is 4. The van der Waals surface area contributed by atoms with Crippen LogP contribution in [-0.2, 0) is 19.4 Å². The van der Waals surface area contributed by atoms with E-state index in [1.165, 1.54) is 0 Å². The topological polar surface area (TPSA) is 101 Å². The van der Waals surface area contributed by atoms with Gasteiger partial charge in [-0.3, -0.25) is 4.79 Å². The normalized spacial score (nSPS) is 27.7. The SMILES string of the molecule is O=C(CC1CCS(=O)(=O)C1)NC(C(=O)O)C1CC1. The van der Waals surface area contributed by atoms with Gasteiger partial charge in [0.1, 0.15) is 6.04 Å². The molecule has 2 rings (SSSR count). The summed E-state index contributed by atoms with van der Waals surface area (Å²) in [7, 11) is -2.99. The van der Waals surface area contributed by atoms with Gasteiger partial charge in [0.15, 0.2) is 9.84 Å². The monoisotopic (exact) mass is 275 g/mol. The lowest BCUT2D eigenvalue weighted by Gasteiger charge is -2.15. The Morgan fingerprint density at radius 3 is 2.39 bits per heavy atom. The number of carbonyl (C=O) groups is 2. The van der Waals surface area contributed by atoms with Gasteiger partial charge in [0.05, 0.1) is 11.5 Å². The summed E-state index contributed by atoms with van der Waals surface area (Å²) in [4.78, 5) is 22.6. The third-order valence-electron chi connectivity index (χ3n) is 3.48. The second kappa shape index (κ2) is 4.87. The molecular formula is C11H17NO5S. The Labute approximate surface area is 106 Å². The maximum Gasteiger partial charge on any atom is 0.326 e. The summed E-state index contributed by atoms with van der Waals surface area (Å²) in [6.07, 6.45) is 2.26. The number of carboxylic acids is 1. The van der Waals surface area contributed by atoms with E-state index in [1.807, 2.05) is 0 Å². The summed E-state index contributed by atoms with van der Waals surface area (Å²) >= 11 is 0. The van der Waals surface area contributed by atoms with Gasteiger partial charge in [-0.1, -0.05) is 0 Å². The van der Waals surface area contributed by atoms with E-state index in [1.54, 1.807) is 0 Å². The lowest BCUT2D eigenvalue weighted by atomic mass is 10.0. The fraction of sp³-hybridized carbons (Fsp3) is 0.818. The maximum absolute atomic E-state index is 11.7. The number of carbonyl (C=O) groups excluding carboxylic acids is 1. The summed E-state index contributed by atoms with van der Waals surface area (Å²) in [5.74, 6) is -1.30. The molecule has 0 aromatic heterocycles. The van der Waals surface area contributed by atoms with Crippen molar-refractivity contribution in [3.63, 3.8) is 0 Å². The van der Waals surface area contributed by atoms with Crippen molar-refractivity contribution in [1.82, 2.24) is 5.32 Å². The van der Waals surface area contributed by atoms with Gasteiger partial charge in [0.25, 0.3) is 0 Å². The second-order valence-electron chi connectivity index (χ2n) is 5.19. The summed E-state index contributed by atoms with van der Waals surface area (Å²) in [5, 5.41) is 11.5. The molecule has 102 valence electrons. The number of amides is 1. The quantitative estimate of drug-likeness (QED) is 0.723. The molecule has 1 amide bonds. The highest BCUT2D eigenvalue weighted by molar-refractivity contribution is 7.91. The van der Waals surface area contributed by atoms with Gasteiger partial charge in [0, 0.05) is 6.42 Å². The van der Waals surface area contributed by atoms with Crippen molar-refractivity contribution in [2.24, 2.45) is 11.8 Å². The van der Waals surface area contributed by atoms with Crippen LogP contribution in [0.4, 0.5) is 0 Å². The van der Waals surface area contributed by atoms with Gasteiger partial charge >= 0.3 is 5.97 Å². The molecule has 0 radical (unpaired) electrons. The highest BCUT2D eigenvalue weighted by Crippen LogP contribution is 2.33. The van der Waals surface area contributed by atoms with E-state index < -0.39 is 21.8 Å². The Morgan fingerprint density at radius 1 is 1.28 bits per heavy atom. The predicted molar refractivity (Wildman–Crippen MR) is 63.7 cm³/mol. The Balaban J connectivity index is 1.83. The largest absolute Gasteiger partial charge is 0.480 e. The summed E-state index contributed by atoms with van der Waals surface area (Å²) < 4.78 is 22.5. The first-order valence-corrected chi connectivity index (χ1v) is 7.92. The number of rotatable bonds is 5. The summed E-state index contributed by atoms with van der Waals surface area (Å²) in [6.45, 7) is 0. The van der Waals surface area contributed by atoms with E-state index in [0.29, 0.717) is 6.42 Å². The molecule has 0 aromatic rings. The Hall–Kier alpha value is -1.11. The fourth-order valence-corrected chi connectivity index (χ4v) is 4.20. The minimum atomic E-state index is -2.99. The van der Waals surface area contributed by atoms with Crippen molar-refractivity contribution in [1.29, 1.82) is 0 Å². The zero-order chi connectivity index (χ0) is 13.3. The number of hydrogen-bond donors (Lipinski definition) is 2. The molecule has 0 aromatic carbocycles. The van der Waals surface area contributed by atoms with Crippen LogP contribution in [0.1, 0.15) is 25.7 Å². The fourth-order valence-electron chi connectivity index (χ4n) is 2.34. The molecule has 1 aliphatic carbocycles. The van der Waals surface area contributed by atoms with Crippen LogP contribution < -0.4 is 5.32 Å². The Kier molecular flexibility index (Phi) is 3.61. The molecule has 7 heteroatoms. The molecule has 1 aliphatic heterocycles. The molecule has 1 saturated carbocycles. The number of carboxylic acid groups (broad SMARTS) is 1. The van der Waals surface area contributed by atoms with Crippen LogP contribution in [0, 0.1) is 11.8 Å². The van der Waals surface area contributed by atoms with Crippen molar-refractivity contribution in [2.45, 2.75) is 31.7 Å². The molecule has 1 heterocycles. The minimum absolute atomic E-state index is 0.0405. The van der Waals surface area contributed by atoms with Crippen LogP contribution in [0.15, 0.2) is 0 Å². The van der Waals surface area contributed by atoms with Crippen LogP contribution in [-0.4, -0.2) is 42.9 Å². The average molecular weight is 275 g/mol. The first-order chi connectivity index (χ1) is 8.37. The molecular weight excluding hydrogens is 258 g/mol. The van der Waals surface area contributed by atoms with Crippen LogP contribution in [0.2, 0.25) is 0 Å². The minimum Gasteiger partial charge on any atom is -0.480 e. The first kappa shape index (κ1) is 13.3. The van der Waals surface area contributed by atoms with Crippen LogP contribution in [0.25, 0.3) is 0 Å². The first-order valence-electron chi connectivity index (χ1n) is 6.10. The molecule has 2 fully saturated rings. The van der Waals surface area contributed by atoms with Gasteiger partial charge < -0.3 is 10.4 Å². The molecule has 2 unspecified atom stereocenters. The van der Waals surface area contributed by atoms with Crippen molar-refractivity contribution in [3.05, 3.63) is 0 Å². The highest BCUT2D eigenvalue weighted by atomic mass is 32.2. The molecule has 6 nitrogen and oxygen atoms in total. The molecule has 18 heavy (non-hydrogen) atoms. The zero-order valence-corrected chi connectivity index (χ0v) is 10.8. The lowest BCUT2D eigenvalue weighted by molar-refractivity contribution is -0.142. The standard InChI is InChI=1S/C11H17NO5S/c13-9(5-7-3-4-18(16,17)6-7)12-10(11(14)15)8-1-2-8/h7-8,10H,1-6H2,(H,12,13)(H,14,15). The summed E-state index contributed by atoms with van der Waals surface area (Å²) in [6, 6.07) is -0.810. The van der Waals surface area contributed by atoms with Crippen LogP contribution in [0.3, 0.4) is 0 Å². The van der Waals surface area contributed by atoms with Gasteiger partial charge in [0.2, 0.25) is 5.91 Å². The third-order valence-corrected chi connectivity index (χ3v) is 5.31. The Morgan fingerprint density at radius 2 is 1.94 bits per heavy atom. The molecule has 1 saturated heterocycles. The average Bonchev–Trinajstić information content (AvgIpc) is 3.01. The lowest BCUT2D eigenvalue weighted by Crippen LogP contribution is -2.42. The predicted octanol–water partition coefficient (Wildman–Crippen LogP) is -0.209. The van der Waals surface area contributed by atoms with Crippen molar-refractivity contribution >= 4 is 21.7 Å². The zero-order valence-electron chi connectivity index (χ0n) is 9.96. The van der Waals surface area contributed by atoms with Gasteiger partial charge in [-0.15, -0.1) is 0 Å². The Bertz CT molecular complexity index is 454. The van der Waals surface area contributed by atoms with Crippen molar-refractivity contribution in [3.8, 4) is 0 Å². The van der Waals surface area contributed by atoms with E-state index in [2.05, 4.69) is 5.32 Å². The smallest absolute Gasteiger partial charge is 0.326 e. The molecule has 2 N–H and O–H groups in total. The van der Waals surface area contributed by atoms with E-state index in [-0.39, 0.29) is 35.7 Å². The van der Waals surface area contributed by atoms with Gasteiger partial charge in [-0.25, -0.2) is 13.2 Å². The number of nitrogens with one attached hydrogen (secondary N) is 1. The number of aliphatic carboxylic acids is 1. The number of sulfone groups is 1. The van der Waals surface area contributed by atoms with E-state index in [4.69, 9.17) is 5.11 Å².